The zero-order valence-corrected chi connectivity index (χ0v) is 11.6. The Morgan fingerprint density at radius 3 is 2.22 bits per heavy atom. The van der Waals surface area contributed by atoms with Gasteiger partial charge in [0, 0.05) is 6.54 Å². The van der Waals surface area contributed by atoms with Crippen molar-refractivity contribution >= 4 is 12.0 Å². The molecule has 6 heteroatoms. The number of carboxylic acids is 1. The molecule has 0 aliphatic heterocycles. The van der Waals surface area contributed by atoms with Gasteiger partial charge in [0.25, 0.3) is 0 Å². The van der Waals surface area contributed by atoms with Crippen molar-refractivity contribution in [1.82, 2.24) is 10.6 Å². The maximum Gasteiger partial charge on any atom is 0.329 e. The number of rotatable bonds is 8. The lowest BCUT2D eigenvalue weighted by atomic mass is 9.93. The standard InChI is InChI=1S/C12H24N2O4/c1-5-12(6-2,10(15)16)14-11(17)13-7-8-18-9(3)4/h9H,5-8H2,1-4H3,(H,15,16)(H2,13,14,17). The summed E-state index contributed by atoms with van der Waals surface area (Å²) in [6, 6.07) is -0.478. The van der Waals surface area contributed by atoms with E-state index in [2.05, 4.69) is 10.6 Å². The largest absolute Gasteiger partial charge is 0.480 e. The number of carbonyl (C=O) groups is 2. The lowest BCUT2D eigenvalue weighted by Gasteiger charge is -2.28. The smallest absolute Gasteiger partial charge is 0.329 e. The van der Waals surface area contributed by atoms with Crippen LogP contribution in [0.15, 0.2) is 0 Å². The molecule has 0 rings (SSSR count). The van der Waals surface area contributed by atoms with E-state index in [1.807, 2.05) is 13.8 Å². The van der Waals surface area contributed by atoms with E-state index in [4.69, 9.17) is 9.84 Å². The molecule has 0 aromatic heterocycles. The first-order valence-electron chi connectivity index (χ1n) is 6.29. The predicted octanol–water partition coefficient (Wildman–Crippen LogP) is 1.35. The second-order valence-electron chi connectivity index (χ2n) is 4.39. The Hall–Kier alpha value is -1.30. The minimum Gasteiger partial charge on any atom is -0.480 e. The van der Waals surface area contributed by atoms with Gasteiger partial charge in [0.2, 0.25) is 0 Å². The molecule has 6 nitrogen and oxygen atoms in total. The first-order chi connectivity index (χ1) is 8.38. The summed E-state index contributed by atoms with van der Waals surface area (Å²) in [6.07, 6.45) is 0.794. The van der Waals surface area contributed by atoms with Crippen molar-refractivity contribution in [3.8, 4) is 0 Å². The van der Waals surface area contributed by atoms with Crippen LogP contribution in [-0.2, 0) is 9.53 Å². The minimum atomic E-state index is -1.19. The molecule has 106 valence electrons. The molecule has 0 unspecified atom stereocenters. The molecule has 0 bridgehead atoms. The number of aliphatic carboxylic acids is 1. The molecule has 0 aliphatic carbocycles. The number of carbonyl (C=O) groups excluding carboxylic acids is 1. The third kappa shape index (κ3) is 5.35. The summed E-state index contributed by atoms with van der Waals surface area (Å²) in [6.45, 7) is 8.05. The molecule has 0 aromatic rings. The van der Waals surface area contributed by atoms with Crippen molar-refractivity contribution in [1.29, 1.82) is 0 Å². The molecule has 0 radical (unpaired) electrons. The van der Waals surface area contributed by atoms with Gasteiger partial charge in [0.15, 0.2) is 0 Å². The average Bonchev–Trinajstić information content (AvgIpc) is 2.31. The van der Waals surface area contributed by atoms with Crippen molar-refractivity contribution < 1.29 is 19.4 Å². The SMILES string of the molecule is CCC(CC)(NC(=O)NCCOC(C)C)C(=O)O. The van der Waals surface area contributed by atoms with Crippen LogP contribution in [0.1, 0.15) is 40.5 Å². The normalized spacial score (nSPS) is 11.4. The van der Waals surface area contributed by atoms with Crippen molar-refractivity contribution in [2.24, 2.45) is 0 Å². The molecule has 0 saturated heterocycles. The molecular weight excluding hydrogens is 236 g/mol. The van der Waals surface area contributed by atoms with E-state index >= 15 is 0 Å². The summed E-state index contributed by atoms with van der Waals surface area (Å²) in [5, 5.41) is 14.2. The Labute approximate surface area is 108 Å². The number of urea groups is 1. The zero-order valence-electron chi connectivity index (χ0n) is 11.6. The summed E-state index contributed by atoms with van der Waals surface area (Å²) >= 11 is 0. The van der Waals surface area contributed by atoms with Crippen molar-refractivity contribution in [3.63, 3.8) is 0 Å². The van der Waals surface area contributed by atoms with Gasteiger partial charge in [0.05, 0.1) is 12.7 Å². The zero-order chi connectivity index (χ0) is 14.2. The molecular formula is C12H24N2O4. The Morgan fingerprint density at radius 2 is 1.83 bits per heavy atom. The van der Waals surface area contributed by atoms with Crippen LogP contribution in [0, 0.1) is 0 Å². The fraction of sp³-hybridized carbons (Fsp3) is 0.833. The maximum absolute atomic E-state index is 11.6. The molecule has 0 atom stereocenters. The van der Waals surface area contributed by atoms with Gasteiger partial charge >= 0.3 is 12.0 Å². The third-order valence-corrected chi connectivity index (χ3v) is 2.81. The molecule has 2 amide bonds. The molecule has 0 saturated carbocycles. The monoisotopic (exact) mass is 260 g/mol. The van der Waals surface area contributed by atoms with Crippen molar-refractivity contribution in [3.05, 3.63) is 0 Å². The van der Waals surface area contributed by atoms with E-state index in [0.29, 0.717) is 26.0 Å². The van der Waals surface area contributed by atoms with Crippen LogP contribution in [0.2, 0.25) is 0 Å². The number of ether oxygens (including phenoxy) is 1. The van der Waals surface area contributed by atoms with Crippen molar-refractivity contribution in [2.75, 3.05) is 13.2 Å². The lowest BCUT2D eigenvalue weighted by molar-refractivity contribution is -0.144. The van der Waals surface area contributed by atoms with E-state index in [1.54, 1.807) is 13.8 Å². The Balaban J connectivity index is 4.16. The Kier molecular flexibility index (Phi) is 7.35. The quantitative estimate of drug-likeness (QED) is 0.575. The van der Waals surface area contributed by atoms with Crippen molar-refractivity contribution in [2.45, 2.75) is 52.2 Å². The van der Waals surface area contributed by atoms with Gasteiger partial charge in [0.1, 0.15) is 5.54 Å². The molecule has 0 fully saturated rings. The first-order valence-corrected chi connectivity index (χ1v) is 6.29. The van der Waals surface area contributed by atoms with Gasteiger partial charge < -0.3 is 20.5 Å². The number of carboxylic acid groups (broad SMARTS) is 1. The van der Waals surface area contributed by atoms with Gasteiger partial charge in [-0.25, -0.2) is 9.59 Å². The molecule has 3 N–H and O–H groups in total. The highest BCUT2D eigenvalue weighted by Gasteiger charge is 2.36. The van der Waals surface area contributed by atoms with Crippen LogP contribution in [0.3, 0.4) is 0 Å². The van der Waals surface area contributed by atoms with Crippen LogP contribution in [0.5, 0.6) is 0 Å². The summed E-state index contributed by atoms with van der Waals surface area (Å²) in [7, 11) is 0. The van der Waals surface area contributed by atoms with Gasteiger partial charge in [-0.3, -0.25) is 0 Å². The number of hydrogen-bond donors (Lipinski definition) is 3. The fourth-order valence-electron chi connectivity index (χ4n) is 1.50. The first kappa shape index (κ1) is 16.7. The fourth-order valence-corrected chi connectivity index (χ4v) is 1.50. The lowest BCUT2D eigenvalue weighted by Crippen LogP contribution is -2.56. The van der Waals surface area contributed by atoms with Gasteiger partial charge in [-0.1, -0.05) is 13.8 Å². The number of amides is 2. The second kappa shape index (κ2) is 7.92. The van der Waals surface area contributed by atoms with Gasteiger partial charge in [-0.05, 0) is 26.7 Å². The summed E-state index contributed by atoms with van der Waals surface area (Å²) < 4.78 is 5.26. The topological polar surface area (TPSA) is 87.7 Å². The van der Waals surface area contributed by atoms with E-state index in [0.717, 1.165) is 0 Å². The van der Waals surface area contributed by atoms with Gasteiger partial charge in [-0.2, -0.15) is 0 Å². The summed E-state index contributed by atoms with van der Waals surface area (Å²) in [5.74, 6) is -1.01. The highest BCUT2D eigenvalue weighted by molar-refractivity contribution is 5.86. The van der Waals surface area contributed by atoms with Crippen LogP contribution in [0.25, 0.3) is 0 Å². The number of nitrogens with one attached hydrogen (secondary N) is 2. The predicted molar refractivity (Wildman–Crippen MR) is 68.6 cm³/mol. The van der Waals surface area contributed by atoms with E-state index < -0.39 is 17.5 Å². The minimum absolute atomic E-state index is 0.110. The Bertz CT molecular complexity index is 275. The molecule has 18 heavy (non-hydrogen) atoms. The maximum atomic E-state index is 11.6. The molecule has 0 spiro atoms. The van der Waals surface area contributed by atoms with Crippen LogP contribution >= 0.6 is 0 Å². The number of hydrogen-bond acceptors (Lipinski definition) is 3. The highest BCUT2D eigenvalue weighted by atomic mass is 16.5. The van der Waals surface area contributed by atoms with Crippen LogP contribution in [-0.4, -0.2) is 41.9 Å². The van der Waals surface area contributed by atoms with E-state index in [-0.39, 0.29) is 6.10 Å². The molecule has 0 heterocycles. The highest BCUT2D eigenvalue weighted by Crippen LogP contribution is 2.14. The van der Waals surface area contributed by atoms with Crippen LogP contribution < -0.4 is 10.6 Å². The molecule has 0 aliphatic rings. The van der Waals surface area contributed by atoms with Crippen LogP contribution in [0.4, 0.5) is 4.79 Å². The molecule has 0 aromatic carbocycles. The second-order valence-corrected chi connectivity index (χ2v) is 4.39. The average molecular weight is 260 g/mol. The van der Waals surface area contributed by atoms with E-state index in [9.17, 15) is 9.59 Å². The summed E-state index contributed by atoms with van der Waals surface area (Å²) in [5.41, 5.74) is -1.19. The Morgan fingerprint density at radius 1 is 1.28 bits per heavy atom. The third-order valence-electron chi connectivity index (χ3n) is 2.81. The van der Waals surface area contributed by atoms with E-state index in [1.165, 1.54) is 0 Å². The summed E-state index contributed by atoms with van der Waals surface area (Å²) in [4.78, 5) is 22.8. The van der Waals surface area contributed by atoms with Gasteiger partial charge in [-0.15, -0.1) is 0 Å².